The fourth-order valence-electron chi connectivity index (χ4n) is 1.72. The van der Waals surface area contributed by atoms with Gasteiger partial charge in [0.25, 0.3) is 0 Å². The number of halogens is 3. The second kappa shape index (κ2) is 4.70. The van der Waals surface area contributed by atoms with Crippen molar-refractivity contribution in [1.29, 1.82) is 0 Å². The van der Waals surface area contributed by atoms with Crippen LogP contribution in [0.3, 0.4) is 0 Å². The van der Waals surface area contributed by atoms with E-state index >= 15 is 0 Å². The quantitative estimate of drug-likeness (QED) is 0.638. The maximum atomic E-state index is 12.2. The predicted octanol–water partition coefficient (Wildman–Crippen LogP) is 0.395. The minimum absolute atomic E-state index is 0. The van der Waals surface area contributed by atoms with Gasteiger partial charge in [-0.3, -0.25) is 0 Å². The summed E-state index contributed by atoms with van der Waals surface area (Å²) in [6.45, 7) is -4.62. The molecule has 1 saturated carbocycles. The van der Waals surface area contributed by atoms with E-state index in [0.29, 0.717) is 0 Å². The van der Waals surface area contributed by atoms with Crippen molar-refractivity contribution in [2.75, 3.05) is 0 Å². The molecule has 2 rings (SSSR count). The van der Waals surface area contributed by atoms with Gasteiger partial charge in [-0.25, -0.2) is 0 Å². The van der Waals surface area contributed by atoms with Crippen LogP contribution in [-0.4, -0.2) is 6.98 Å². The minimum Gasteiger partial charge on any atom is -0.449 e. The van der Waals surface area contributed by atoms with Crippen LogP contribution in [0.25, 0.3) is 0 Å². The summed E-state index contributed by atoms with van der Waals surface area (Å²) < 4.78 is 36.7. The van der Waals surface area contributed by atoms with Gasteiger partial charge in [-0.15, -0.1) is 0 Å². The fourth-order valence-corrected chi connectivity index (χ4v) is 1.72. The third-order valence-corrected chi connectivity index (χ3v) is 2.55. The molecule has 0 spiro atoms. The Kier molecular flexibility index (Phi) is 4.29. The molecule has 0 N–H and O–H groups in total. The second-order valence-electron chi connectivity index (χ2n) is 3.54. The topological polar surface area (TPSA) is 0 Å². The van der Waals surface area contributed by atoms with Gasteiger partial charge in [-0.05, 0) is 11.5 Å². The first-order valence-corrected chi connectivity index (χ1v) is 4.34. The van der Waals surface area contributed by atoms with E-state index in [4.69, 9.17) is 0 Å². The zero-order valence-electron chi connectivity index (χ0n) is 7.96. The van der Waals surface area contributed by atoms with Crippen molar-refractivity contribution in [3.63, 3.8) is 0 Å². The van der Waals surface area contributed by atoms with Crippen molar-refractivity contribution < 1.29 is 64.3 Å². The molecule has 0 saturated heterocycles. The molecule has 0 heterocycles. The Morgan fingerprint density at radius 2 is 1.64 bits per heavy atom. The predicted molar refractivity (Wildman–Crippen MR) is 46.6 cm³/mol. The Balaban J connectivity index is 0.000000980. The fraction of sp³-hybridized carbons (Fsp3) is 0.333. The summed E-state index contributed by atoms with van der Waals surface area (Å²) in [5, 5.41) is 0. The van der Waals surface area contributed by atoms with Gasteiger partial charge in [0.1, 0.15) is 0 Å². The Labute approximate surface area is 124 Å². The average molecular weight is 224 g/mol. The van der Waals surface area contributed by atoms with Gasteiger partial charge in [-0.2, -0.15) is 0 Å². The van der Waals surface area contributed by atoms with Gasteiger partial charge >= 0.3 is 58.4 Å². The molecule has 0 amide bonds. The summed E-state index contributed by atoms with van der Waals surface area (Å²) in [6, 6.07) is 8.93. The van der Waals surface area contributed by atoms with E-state index in [-0.39, 0.29) is 63.7 Å². The van der Waals surface area contributed by atoms with Crippen molar-refractivity contribution in [1.82, 2.24) is 0 Å². The normalized spacial score (nSPS) is 25.4. The molecule has 1 aliphatic carbocycles. The summed E-state index contributed by atoms with van der Waals surface area (Å²) in [4.78, 5) is 0. The molecule has 0 nitrogen and oxygen atoms in total. The maximum absolute atomic E-state index is 12.2. The summed E-state index contributed by atoms with van der Waals surface area (Å²) in [5.41, 5.74) is 0.826. The third kappa shape index (κ3) is 2.86. The molecule has 0 radical (unpaired) electrons. The van der Waals surface area contributed by atoms with Crippen LogP contribution in [0.15, 0.2) is 30.3 Å². The van der Waals surface area contributed by atoms with Crippen LogP contribution in [0.2, 0.25) is 5.82 Å². The van der Waals surface area contributed by atoms with E-state index < -0.39 is 12.8 Å². The molecule has 1 aliphatic rings. The van der Waals surface area contributed by atoms with Crippen LogP contribution in [0.1, 0.15) is 17.9 Å². The van der Waals surface area contributed by atoms with Gasteiger partial charge in [-0.1, -0.05) is 42.6 Å². The van der Waals surface area contributed by atoms with Crippen LogP contribution in [-0.2, 0) is 0 Å². The molecule has 0 aliphatic heterocycles. The summed E-state index contributed by atoms with van der Waals surface area (Å²) >= 11 is 0. The van der Waals surface area contributed by atoms with E-state index in [1.807, 2.05) is 6.07 Å². The first-order valence-electron chi connectivity index (χ1n) is 4.34. The molecule has 5 heteroatoms. The third-order valence-electron chi connectivity index (χ3n) is 2.55. The number of hydrogen-bond acceptors (Lipinski definition) is 0. The first kappa shape index (κ1) is 12.8. The molecule has 1 unspecified atom stereocenters. The number of rotatable bonds is 2. The Hall–Kier alpha value is 0.711. The van der Waals surface area contributed by atoms with E-state index in [0.717, 1.165) is 5.56 Å². The zero-order chi connectivity index (χ0) is 9.47. The minimum atomic E-state index is -4.62. The molecule has 1 aromatic rings. The van der Waals surface area contributed by atoms with Crippen molar-refractivity contribution in [3.05, 3.63) is 35.9 Å². The summed E-state index contributed by atoms with van der Waals surface area (Å²) in [5.74, 6) is -1.30. The Morgan fingerprint density at radius 3 is 2.07 bits per heavy atom. The van der Waals surface area contributed by atoms with Gasteiger partial charge in [0, 0.05) is 0 Å². The molecular formula is C9H9BF3K. The maximum Gasteiger partial charge on any atom is 1.00 e. The number of hydrogen-bond donors (Lipinski definition) is 0. The summed E-state index contributed by atoms with van der Waals surface area (Å²) in [7, 11) is 0. The van der Waals surface area contributed by atoms with Crippen LogP contribution >= 0.6 is 0 Å². The van der Waals surface area contributed by atoms with Gasteiger partial charge in [0.15, 0.2) is 0 Å². The zero-order valence-corrected chi connectivity index (χ0v) is 11.1. The molecule has 1 fully saturated rings. The van der Waals surface area contributed by atoms with Crippen LogP contribution in [0, 0.1) is 0 Å². The van der Waals surface area contributed by atoms with Crippen molar-refractivity contribution in [3.8, 4) is 0 Å². The molecule has 70 valence electrons. The largest absolute Gasteiger partial charge is 1.00 e. The van der Waals surface area contributed by atoms with E-state index in [1.54, 1.807) is 24.3 Å². The van der Waals surface area contributed by atoms with E-state index in [9.17, 15) is 12.9 Å². The molecule has 0 bridgehead atoms. The smallest absolute Gasteiger partial charge is 0.449 e. The molecule has 0 aromatic heterocycles. The standard InChI is InChI=1S/C9H9BF3.K/c11-10(12,13)9-6-8(9)7-4-2-1-3-5-7;/h1-5,8-9H,6H2;/q-1;+1/t8-,9?;/m0./s1. The van der Waals surface area contributed by atoms with E-state index in [2.05, 4.69) is 0 Å². The Morgan fingerprint density at radius 1 is 1.07 bits per heavy atom. The Bertz CT molecular complexity index is 299. The number of benzene rings is 1. The molecule has 2 atom stereocenters. The second-order valence-corrected chi connectivity index (χ2v) is 3.54. The molecule has 1 aromatic carbocycles. The summed E-state index contributed by atoms with van der Waals surface area (Å²) in [6.07, 6.45) is 0.285. The first-order chi connectivity index (χ1) is 6.09. The molecular weight excluding hydrogens is 215 g/mol. The SMILES string of the molecule is F[B-](F)(F)C1C[C@H]1c1ccccc1.[K+]. The van der Waals surface area contributed by atoms with E-state index in [1.165, 1.54) is 0 Å². The van der Waals surface area contributed by atoms with Crippen molar-refractivity contribution in [2.45, 2.75) is 18.2 Å². The van der Waals surface area contributed by atoms with Crippen LogP contribution in [0.4, 0.5) is 12.9 Å². The van der Waals surface area contributed by atoms with Gasteiger partial charge in [0.2, 0.25) is 0 Å². The van der Waals surface area contributed by atoms with Crippen molar-refractivity contribution in [2.24, 2.45) is 0 Å². The average Bonchev–Trinajstić information content (AvgIpc) is 2.83. The van der Waals surface area contributed by atoms with Gasteiger partial charge in [0.05, 0.1) is 0 Å². The van der Waals surface area contributed by atoms with Crippen molar-refractivity contribution >= 4 is 6.98 Å². The monoisotopic (exact) mass is 224 g/mol. The van der Waals surface area contributed by atoms with Gasteiger partial charge < -0.3 is 12.9 Å². The molecule has 14 heavy (non-hydrogen) atoms. The van der Waals surface area contributed by atoms with Crippen LogP contribution in [0.5, 0.6) is 0 Å². The van der Waals surface area contributed by atoms with Crippen LogP contribution < -0.4 is 51.4 Å².